The number of nitrogens with zero attached hydrogens (tertiary/aromatic N) is 3. The van der Waals surface area contributed by atoms with Crippen LogP contribution in [0.2, 0.25) is 0 Å². The maximum atomic E-state index is 12.6. The van der Waals surface area contributed by atoms with Gasteiger partial charge in [-0.3, -0.25) is 4.79 Å². The van der Waals surface area contributed by atoms with Crippen molar-refractivity contribution in [2.45, 2.75) is 18.7 Å². The lowest BCUT2D eigenvalue weighted by molar-refractivity contribution is -0.137. The molecule has 0 aliphatic carbocycles. The lowest BCUT2D eigenvalue weighted by Crippen LogP contribution is -2.31. The van der Waals surface area contributed by atoms with E-state index in [0.717, 1.165) is 12.1 Å². The largest absolute Gasteiger partial charge is 0.472 e. The van der Waals surface area contributed by atoms with E-state index in [-0.39, 0.29) is 17.6 Å². The third-order valence-electron chi connectivity index (χ3n) is 4.04. The van der Waals surface area contributed by atoms with Gasteiger partial charge in [0.15, 0.2) is 0 Å². The number of rotatable bonds is 3. The van der Waals surface area contributed by atoms with Gasteiger partial charge in [0, 0.05) is 30.8 Å². The van der Waals surface area contributed by atoms with Crippen molar-refractivity contribution in [3.63, 3.8) is 0 Å². The molecule has 1 aliphatic rings. The van der Waals surface area contributed by atoms with Crippen molar-refractivity contribution in [3.8, 4) is 11.9 Å². The Balaban J connectivity index is 1.63. The molecule has 1 aliphatic heterocycles. The molecule has 0 saturated carbocycles. The molecule has 1 amide bonds. The summed E-state index contributed by atoms with van der Waals surface area (Å²) in [5.74, 6) is -0.0403. The van der Waals surface area contributed by atoms with E-state index in [1.807, 2.05) is 6.07 Å². The molecule has 0 N–H and O–H groups in total. The number of pyridine rings is 1. The Kier molecular flexibility index (Phi) is 4.80. The minimum atomic E-state index is -4.43. The standard InChI is InChI=1S/C18H14F3N3O2/c19-18(20,21)14-3-1-13(2-4-14)17(25)24-8-6-15(11-24)26-16-9-12(10-22)5-7-23-16/h1-5,7,9,15H,6,8,11H2. The van der Waals surface area contributed by atoms with E-state index < -0.39 is 11.7 Å². The van der Waals surface area contributed by atoms with Gasteiger partial charge in [0.05, 0.1) is 23.7 Å². The Morgan fingerprint density at radius 1 is 1.27 bits per heavy atom. The first-order chi connectivity index (χ1) is 12.4. The molecule has 1 atom stereocenters. The highest BCUT2D eigenvalue weighted by molar-refractivity contribution is 5.94. The average molecular weight is 361 g/mol. The summed E-state index contributed by atoms with van der Waals surface area (Å²) in [5, 5.41) is 8.88. The zero-order valence-electron chi connectivity index (χ0n) is 13.5. The summed E-state index contributed by atoms with van der Waals surface area (Å²) in [6.45, 7) is 0.737. The molecule has 8 heteroatoms. The minimum Gasteiger partial charge on any atom is -0.472 e. The van der Waals surface area contributed by atoms with Crippen LogP contribution in [0.15, 0.2) is 42.6 Å². The Bertz CT molecular complexity index is 844. The molecule has 1 aromatic heterocycles. The second-order valence-corrected chi connectivity index (χ2v) is 5.85. The second kappa shape index (κ2) is 7.04. The molecule has 1 aromatic carbocycles. The average Bonchev–Trinajstić information content (AvgIpc) is 3.09. The number of ether oxygens (including phenoxy) is 1. The number of aromatic nitrogens is 1. The monoisotopic (exact) mass is 361 g/mol. The van der Waals surface area contributed by atoms with Gasteiger partial charge in [-0.1, -0.05) is 0 Å². The van der Waals surface area contributed by atoms with Crippen LogP contribution in [0, 0.1) is 11.3 Å². The van der Waals surface area contributed by atoms with Crippen molar-refractivity contribution >= 4 is 5.91 Å². The number of carbonyl (C=O) groups excluding carboxylic acids is 1. The minimum absolute atomic E-state index is 0.197. The molecule has 26 heavy (non-hydrogen) atoms. The first-order valence-electron chi connectivity index (χ1n) is 7.86. The zero-order valence-corrected chi connectivity index (χ0v) is 13.5. The molecule has 2 heterocycles. The van der Waals surface area contributed by atoms with Crippen molar-refractivity contribution < 1.29 is 22.7 Å². The summed E-state index contributed by atoms with van der Waals surface area (Å²) in [5.41, 5.74) is -0.172. The van der Waals surface area contributed by atoms with Gasteiger partial charge in [-0.15, -0.1) is 0 Å². The fourth-order valence-electron chi connectivity index (χ4n) is 2.71. The van der Waals surface area contributed by atoms with Crippen molar-refractivity contribution in [3.05, 3.63) is 59.3 Å². The maximum absolute atomic E-state index is 12.6. The van der Waals surface area contributed by atoms with Crippen molar-refractivity contribution in [2.75, 3.05) is 13.1 Å². The predicted molar refractivity (Wildman–Crippen MR) is 85.3 cm³/mol. The van der Waals surface area contributed by atoms with Crippen LogP contribution in [-0.2, 0) is 6.18 Å². The number of amides is 1. The molecule has 3 rings (SSSR count). The maximum Gasteiger partial charge on any atom is 0.416 e. The van der Waals surface area contributed by atoms with Crippen LogP contribution in [0.25, 0.3) is 0 Å². The van der Waals surface area contributed by atoms with Gasteiger partial charge in [-0.25, -0.2) is 4.98 Å². The highest BCUT2D eigenvalue weighted by Gasteiger charge is 2.32. The van der Waals surface area contributed by atoms with Crippen molar-refractivity contribution in [1.29, 1.82) is 5.26 Å². The highest BCUT2D eigenvalue weighted by atomic mass is 19.4. The van der Waals surface area contributed by atoms with Crippen LogP contribution in [0.5, 0.6) is 5.88 Å². The van der Waals surface area contributed by atoms with E-state index in [1.54, 1.807) is 6.07 Å². The molecule has 0 radical (unpaired) electrons. The van der Waals surface area contributed by atoms with Gasteiger partial charge in [0.1, 0.15) is 6.10 Å². The van der Waals surface area contributed by atoms with Crippen LogP contribution in [-0.4, -0.2) is 35.0 Å². The van der Waals surface area contributed by atoms with E-state index in [9.17, 15) is 18.0 Å². The lowest BCUT2D eigenvalue weighted by Gasteiger charge is -2.17. The third-order valence-corrected chi connectivity index (χ3v) is 4.04. The van der Waals surface area contributed by atoms with Gasteiger partial charge in [-0.2, -0.15) is 18.4 Å². The number of alkyl halides is 3. The number of hydrogen-bond acceptors (Lipinski definition) is 4. The van der Waals surface area contributed by atoms with Crippen molar-refractivity contribution in [1.82, 2.24) is 9.88 Å². The van der Waals surface area contributed by atoms with Crippen molar-refractivity contribution in [2.24, 2.45) is 0 Å². The number of carbonyl (C=O) groups is 1. The summed E-state index contributed by atoms with van der Waals surface area (Å²) in [6.07, 6.45) is -2.67. The van der Waals surface area contributed by atoms with Gasteiger partial charge >= 0.3 is 6.18 Å². The smallest absolute Gasteiger partial charge is 0.416 e. The van der Waals surface area contributed by atoms with Crippen LogP contribution in [0.1, 0.15) is 27.9 Å². The molecule has 2 aromatic rings. The number of hydrogen-bond donors (Lipinski definition) is 0. The molecule has 1 saturated heterocycles. The van der Waals surface area contributed by atoms with E-state index >= 15 is 0 Å². The van der Waals surface area contributed by atoms with Gasteiger partial charge in [0.25, 0.3) is 5.91 Å². The van der Waals surface area contributed by atoms with Crippen LogP contribution in [0.4, 0.5) is 13.2 Å². The number of nitriles is 1. The fraction of sp³-hybridized carbons (Fsp3) is 0.278. The topological polar surface area (TPSA) is 66.2 Å². The van der Waals surface area contributed by atoms with E-state index in [4.69, 9.17) is 10.00 Å². The Morgan fingerprint density at radius 3 is 2.65 bits per heavy atom. The quantitative estimate of drug-likeness (QED) is 0.842. The number of halogens is 3. The molecule has 5 nitrogen and oxygen atoms in total. The zero-order chi connectivity index (χ0) is 18.7. The van der Waals surface area contributed by atoms with Crippen LogP contribution >= 0.6 is 0 Å². The van der Waals surface area contributed by atoms with Gasteiger partial charge in [0.2, 0.25) is 5.88 Å². The molecule has 1 unspecified atom stereocenters. The summed E-state index contributed by atoms with van der Waals surface area (Å²) in [7, 11) is 0. The number of likely N-dealkylation sites (tertiary alicyclic amines) is 1. The lowest BCUT2D eigenvalue weighted by atomic mass is 10.1. The molecule has 0 bridgehead atoms. The predicted octanol–water partition coefficient (Wildman–Crippen LogP) is 3.27. The summed E-state index contributed by atoms with van der Waals surface area (Å²) < 4.78 is 43.5. The Morgan fingerprint density at radius 2 is 2.00 bits per heavy atom. The SMILES string of the molecule is N#Cc1ccnc(OC2CCN(C(=O)c3ccc(C(F)(F)F)cc3)C2)c1. The molecular formula is C18H14F3N3O2. The third kappa shape index (κ3) is 3.94. The first-order valence-corrected chi connectivity index (χ1v) is 7.86. The fourth-order valence-corrected chi connectivity index (χ4v) is 2.71. The normalized spacial score (nSPS) is 17.0. The van der Waals surface area contributed by atoms with E-state index in [0.29, 0.717) is 31.0 Å². The molecule has 0 spiro atoms. The van der Waals surface area contributed by atoms with E-state index in [2.05, 4.69) is 4.98 Å². The molecule has 134 valence electrons. The van der Waals surface area contributed by atoms with E-state index in [1.165, 1.54) is 29.3 Å². The molecule has 1 fully saturated rings. The number of benzene rings is 1. The summed E-state index contributed by atoms with van der Waals surface area (Å²) in [6, 6.07) is 9.21. The second-order valence-electron chi connectivity index (χ2n) is 5.85. The Hall–Kier alpha value is -3.08. The van der Waals surface area contributed by atoms with Gasteiger partial charge < -0.3 is 9.64 Å². The summed E-state index contributed by atoms with van der Waals surface area (Å²) in [4.78, 5) is 18.0. The first kappa shape index (κ1) is 17.7. The summed E-state index contributed by atoms with van der Waals surface area (Å²) >= 11 is 0. The van der Waals surface area contributed by atoms with Gasteiger partial charge in [-0.05, 0) is 30.3 Å². The van der Waals surface area contributed by atoms with Crippen LogP contribution < -0.4 is 4.74 Å². The highest BCUT2D eigenvalue weighted by Crippen LogP contribution is 2.29. The molecular weight excluding hydrogens is 347 g/mol. The van der Waals surface area contributed by atoms with Crippen LogP contribution in [0.3, 0.4) is 0 Å². The Labute approximate surface area is 147 Å².